The molecule has 1 aromatic heterocycles. The van der Waals surface area contributed by atoms with Crippen LogP contribution in [0.15, 0.2) is 0 Å². The van der Waals surface area contributed by atoms with E-state index in [1.54, 1.807) is 0 Å². The highest BCUT2D eigenvalue weighted by Crippen LogP contribution is 2.12. The van der Waals surface area contributed by atoms with Crippen LogP contribution in [0.3, 0.4) is 0 Å². The predicted octanol–water partition coefficient (Wildman–Crippen LogP) is 4.38. The fraction of sp³-hybridized carbons (Fsp3) is 0.824. The summed E-state index contributed by atoms with van der Waals surface area (Å²) in [5.41, 5.74) is 2.83. The summed E-state index contributed by atoms with van der Waals surface area (Å²) in [7, 11) is 2.17. The van der Waals surface area contributed by atoms with E-state index in [1.807, 2.05) is 0 Å². The number of hydrogen-bond acceptors (Lipinski definition) is 0. The molecule has 0 N–H and O–H groups in total. The Bertz CT molecular complexity index is 352. The van der Waals surface area contributed by atoms with Gasteiger partial charge in [0.2, 0.25) is 0 Å². The van der Waals surface area contributed by atoms with E-state index in [4.69, 9.17) is 0 Å². The molecule has 2 nitrogen and oxygen atoms in total. The average molecular weight is 265 g/mol. The molecule has 0 unspecified atom stereocenters. The lowest BCUT2D eigenvalue weighted by atomic mass is 10.1. The van der Waals surface area contributed by atoms with Crippen molar-refractivity contribution in [3.63, 3.8) is 0 Å². The Hall–Kier alpha value is -0.790. The van der Waals surface area contributed by atoms with Gasteiger partial charge in [0.15, 0.2) is 0 Å². The Kier molecular flexibility index (Phi) is 7.19. The molecule has 0 atom stereocenters. The Morgan fingerprint density at radius 1 is 0.842 bits per heavy atom. The Morgan fingerprint density at radius 3 is 1.84 bits per heavy atom. The predicted molar refractivity (Wildman–Crippen MR) is 82.4 cm³/mol. The summed E-state index contributed by atoms with van der Waals surface area (Å²) in [6.45, 7) is 10.2. The van der Waals surface area contributed by atoms with Crippen molar-refractivity contribution >= 4 is 0 Å². The SMILES string of the molecule is CCCCCCCCCCn1c(C)c(C)[n+](C)c1C. The van der Waals surface area contributed by atoms with Crippen LogP contribution in [-0.4, -0.2) is 4.57 Å². The largest absolute Gasteiger partial charge is 0.253 e. The minimum absolute atomic E-state index is 1.19. The van der Waals surface area contributed by atoms with E-state index in [-0.39, 0.29) is 0 Å². The number of aromatic nitrogens is 2. The molecule has 0 bridgehead atoms. The molecule has 0 aliphatic rings. The first-order valence-electron chi connectivity index (χ1n) is 8.11. The van der Waals surface area contributed by atoms with Crippen LogP contribution < -0.4 is 4.57 Å². The molecule has 1 aromatic rings. The summed E-state index contributed by atoms with van der Waals surface area (Å²) >= 11 is 0. The van der Waals surface area contributed by atoms with Gasteiger partial charge in [0.05, 0.1) is 13.6 Å². The van der Waals surface area contributed by atoms with Crippen molar-refractivity contribution in [3.8, 4) is 0 Å². The van der Waals surface area contributed by atoms with Crippen LogP contribution in [0.5, 0.6) is 0 Å². The molecule has 0 aliphatic carbocycles. The second kappa shape index (κ2) is 8.39. The fourth-order valence-corrected chi connectivity index (χ4v) is 2.84. The van der Waals surface area contributed by atoms with E-state index in [0.717, 1.165) is 0 Å². The molecule has 110 valence electrons. The van der Waals surface area contributed by atoms with Gasteiger partial charge in [-0.05, 0) is 12.8 Å². The monoisotopic (exact) mass is 265 g/mol. The molecule has 0 saturated heterocycles. The zero-order valence-corrected chi connectivity index (χ0v) is 13.8. The molecular formula is C17H33N2+. The minimum Gasteiger partial charge on any atom is -0.234 e. The third-order valence-electron chi connectivity index (χ3n) is 4.54. The summed E-state index contributed by atoms with van der Waals surface area (Å²) < 4.78 is 4.78. The first-order chi connectivity index (χ1) is 9.09. The Morgan fingerprint density at radius 2 is 1.37 bits per heavy atom. The highest BCUT2D eigenvalue weighted by atomic mass is 15.2. The summed E-state index contributed by atoms with van der Waals surface area (Å²) in [5.74, 6) is 1.39. The van der Waals surface area contributed by atoms with E-state index >= 15 is 0 Å². The third kappa shape index (κ3) is 4.67. The van der Waals surface area contributed by atoms with Crippen molar-refractivity contribution in [2.75, 3.05) is 0 Å². The van der Waals surface area contributed by atoms with Crippen molar-refractivity contribution < 1.29 is 4.57 Å². The molecule has 0 radical (unpaired) electrons. The van der Waals surface area contributed by atoms with Crippen LogP contribution in [0.4, 0.5) is 0 Å². The van der Waals surface area contributed by atoms with Crippen LogP contribution in [0.2, 0.25) is 0 Å². The molecule has 0 aromatic carbocycles. The second-order valence-corrected chi connectivity index (χ2v) is 5.90. The van der Waals surface area contributed by atoms with Gasteiger partial charge in [-0.25, -0.2) is 9.13 Å². The van der Waals surface area contributed by atoms with E-state index in [0.29, 0.717) is 0 Å². The number of unbranched alkanes of at least 4 members (excludes halogenated alkanes) is 7. The first-order valence-corrected chi connectivity index (χ1v) is 8.11. The van der Waals surface area contributed by atoms with Gasteiger partial charge in [-0.1, -0.05) is 45.4 Å². The van der Waals surface area contributed by atoms with Crippen molar-refractivity contribution in [2.45, 2.75) is 85.6 Å². The van der Waals surface area contributed by atoms with Crippen LogP contribution >= 0.6 is 0 Å². The van der Waals surface area contributed by atoms with Crippen molar-refractivity contribution in [1.29, 1.82) is 0 Å². The number of imidazole rings is 1. The normalized spacial score (nSPS) is 11.2. The van der Waals surface area contributed by atoms with E-state index in [2.05, 4.69) is 43.9 Å². The molecular weight excluding hydrogens is 232 g/mol. The lowest BCUT2D eigenvalue weighted by Gasteiger charge is -2.02. The van der Waals surface area contributed by atoms with Crippen molar-refractivity contribution in [2.24, 2.45) is 7.05 Å². The first kappa shape index (κ1) is 16.3. The molecule has 0 saturated carbocycles. The summed E-state index contributed by atoms with van der Waals surface area (Å²) in [6, 6.07) is 0. The molecule has 2 heteroatoms. The molecule has 0 amide bonds. The molecule has 1 heterocycles. The van der Waals surface area contributed by atoms with Gasteiger partial charge in [0, 0.05) is 20.8 Å². The van der Waals surface area contributed by atoms with Crippen LogP contribution in [0.25, 0.3) is 0 Å². The van der Waals surface area contributed by atoms with Gasteiger partial charge in [-0.2, -0.15) is 0 Å². The maximum absolute atomic E-state index is 2.48. The Balaban J connectivity index is 2.21. The zero-order valence-electron chi connectivity index (χ0n) is 13.8. The molecule has 0 fully saturated rings. The fourth-order valence-electron chi connectivity index (χ4n) is 2.84. The number of rotatable bonds is 9. The van der Waals surface area contributed by atoms with Gasteiger partial charge in [0.1, 0.15) is 11.4 Å². The number of nitrogens with zero attached hydrogens (tertiary/aromatic N) is 2. The molecule has 0 spiro atoms. The van der Waals surface area contributed by atoms with Gasteiger partial charge < -0.3 is 0 Å². The van der Waals surface area contributed by atoms with Crippen molar-refractivity contribution in [3.05, 3.63) is 17.2 Å². The molecule has 1 rings (SSSR count). The number of hydrogen-bond donors (Lipinski definition) is 0. The van der Waals surface area contributed by atoms with Crippen LogP contribution in [-0.2, 0) is 13.6 Å². The van der Waals surface area contributed by atoms with E-state index < -0.39 is 0 Å². The summed E-state index contributed by atoms with van der Waals surface area (Å²) in [5, 5.41) is 0. The van der Waals surface area contributed by atoms with Gasteiger partial charge in [0.25, 0.3) is 5.82 Å². The molecule has 19 heavy (non-hydrogen) atoms. The highest BCUT2D eigenvalue weighted by Gasteiger charge is 2.18. The zero-order chi connectivity index (χ0) is 14.3. The van der Waals surface area contributed by atoms with Crippen LogP contribution in [0, 0.1) is 20.8 Å². The smallest absolute Gasteiger partial charge is 0.234 e. The average Bonchev–Trinajstić information content (AvgIpc) is 2.59. The quantitative estimate of drug-likeness (QED) is 0.463. The molecule has 0 aliphatic heterocycles. The standard InChI is InChI=1S/C17H33N2/c1-6-7-8-9-10-11-12-13-14-19-16(3)15(2)18(5)17(19)4/h6-14H2,1-5H3/q+1. The van der Waals surface area contributed by atoms with Crippen molar-refractivity contribution in [1.82, 2.24) is 4.57 Å². The van der Waals surface area contributed by atoms with Gasteiger partial charge in [-0.3, -0.25) is 0 Å². The third-order valence-corrected chi connectivity index (χ3v) is 4.54. The highest BCUT2D eigenvalue weighted by molar-refractivity contribution is 5.06. The maximum Gasteiger partial charge on any atom is 0.253 e. The lowest BCUT2D eigenvalue weighted by Crippen LogP contribution is -2.33. The van der Waals surface area contributed by atoms with E-state index in [1.165, 1.54) is 75.1 Å². The Labute approximate surface area is 119 Å². The van der Waals surface area contributed by atoms with Gasteiger partial charge >= 0.3 is 0 Å². The second-order valence-electron chi connectivity index (χ2n) is 5.90. The topological polar surface area (TPSA) is 8.81 Å². The van der Waals surface area contributed by atoms with Crippen LogP contribution in [0.1, 0.15) is 75.5 Å². The lowest BCUT2D eigenvalue weighted by molar-refractivity contribution is -0.683. The summed E-state index contributed by atoms with van der Waals surface area (Å²) in [6.07, 6.45) is 11.2. The van der Waals surface area contributed by atoms with Gasteiger partial charge in [-0.15, -0.1) is 0 Å². The maximum atomic E-state index is 2.48. The minimum atomic E-state index is 1.19. The van der Waals surface area contributed by atoms with E-state index in [9.17, 15) is 0 Å². The summed E-state index contributed by atoms with van der Waals surface area (Å²) in [4.78, 5) is 0.